The first kappa shape index (κ1) is 16.2. The highest BCUT2D eigenvalue weighted by molar-refractivity contribution is 6.10. The number of para-hydroxylation sites is 1. The van der Waals surface area contributed by atoms with Gasteiger partial charge < -0.3 is 9.73 Å². The molecule has 0 radical (unpaired) electrons. The van der Waals surface area contributed by atoms with Gasteiger partial charge in [0.2, 0.25) is 0 Å². The molecule has 4 rings (SSSR count). The van der Waals surface area contributed by atoms with Crippen molar-refractivity contribution in [1.82, 2.24) is 0 Å². The zero-order chi connectivity index (χ0) is 18.3. The molecule has 1 amide bonds. The Labute approximate surface area is 146 Å². The summed E-state index contributed by atoms with van der Waals surface area (Å²) in [5.74, 6) is -0.489. The molecule has 1 aromatic heterocycles. The third-order valence-electron chi connectivity index (χ3n) is 4.09. The van der Waals surface area contributed by atoms with Crippen LogP contribution in [0.3, 0.4) is 0 Å². The summed E-state index contributed by atoms with van der Waals surface area (Å²) in [4.78, 5) is 12.5. The predicted molar refractivity (Wildman–Crippen MR) is 93.1 cm³/mol. The Kier molecular flexibility index (Phi) is 3.68. The number of hydrogen-bond donors (Lipinski definition) is 1. The number of halogens is 3. The van der Waals surface area contributed by atoms with Crippen molar-refractivity contribution >= 4 is 33.5 Å². The van der Waals surface area contributed by atoms with E-state index in [1.54, 1.807) is 18.2 Å². The first-order valence-electron chi connectivity index (χ1n) is 7.82. The van der Waals surface area contributed by atoms with E-state index in [1.807, 2.05) is 24.3 Å². The highest BCUT2D eigenvalue weighted by atomic mass is 19.4. The van der Waals surface area contributed by atoms with Crippen molar-refractivity contribution in [2.45, 2.75) is 6.18 Å². The van der Waals surface area contributed by atoms with E-state index >= 15 is 0 Å². The Balaban J connectivity index is 1.67. The van der Waals surface area contributed by atoms with E-state index in [-0.39, 0.29) is 5.69 Å². The van der Waals surface area contributed by atoms with E-state index in [0.717, 1.165) is 22.9 Å². The number of nitrogens with one attached hydrogen (secondary N) is 1. The van der Waals surface area contributed by atoms with E-state index in [0.29, 0.717) is 16.7 Å². The minimum atomic E-state index is -4.46. The first-order chi connectivity index (χ1) is 12.4. The van der Waals surface area contributed by atoms with Crippen LogP contribution in [0.2, 0.25) is 0 Å². The molecular weight excluding hydrogens is 343 g/mol. The van der Waals surface area contributed by atoms with E-state index in [1.165, 1.54) is 12.1 Å². The van der Waals surface area contributed by atoms with Crippen LogP contribution in [-0.2, 0) is 6.18 Å². The summed E-state index contributed by atoms with van der Waals surface area (Å²) in [5.41, 5.74) is 0.953. The molecule has 6 heteroatoms. The second-order valence-electron chi connectivity index (χ2n) is 5.84. The highest BCUT2D eigenvalue weighted by Crippen LogP contribution is 2.31. The number of furan rings is 1. The number of benzene rings is 3. The van der Waals surface area contributed by atoms with E-state index in [2.05, 4.69) is 5.32 Å². The molecule has 0 bridgehead atoms. The van der Waals surface area contributed by atoms with E-state index in [4.69, 9.17) is 4.42 Å². The Bertz CT molecular complexity index is 1130. The van der Waals surface area contributed by atoms with Gasteiger partial charge in [-0.25, -0.2) is 0 Å². The number of carbonyl (C=O) groups is 1. The average molecular weight is 355 g/mol. The van der Waals surface area contributed by atoms with Crippen LogP contribution in [0.1, 0.15) is 15.9 Å². The molecule has 0 spiro atoms. The Hall–Kier alpha value is -3.28. The number of fused-ring (bicyclic) bond motifs is 3. The molecule has 0 atom stereocenters. The molecule has 1 N–H and O–H groups in total. The predicted octanol–water partition coefficient (Wildman–Crippen LogP) is 5.86. The number of alkyl halides is 3. The SMILES string of the molecule is O=C(Nc1cccc(C(F)(F)F)c1)c1ccc2oc3ccccc3c2c1. The summed E-state index contributed by atoms with van der Waals surface area (Å²) in [7, 11) is 0. The van der Waals surface area contributed by atoms with Crippen molar-refractivity contribution in [2.24, 2.45) is 0 Å². The van der Waals surface area contributed by atoms with Gasteiger partial charge >= 0.3 is 6.18 Å². The quantitative estimate of drug-likeness (QED) is 0.489. The largest absolute Gasteiger partial charge is 0.456 e. The molecule has 4 aromatic rings. The maximum absolute atomic E-state index is 12.8. The fraction of sp³-hybridized carbons (Fsp3) is 0.0500. The molecule has 0 aliphatic carbocycles. The molecule has 0 saturated carbocycles. The monoisotopic (exact) mass is 355 g/mol. The Morgan fingerprint density at radius 2 is 1.62 bits per heavy atom. The molecule has 0 aliphatic heterocycles. The molecule has 0 unspecified atom stereocenters. The molecule has 26 heavy (non-hydrogen) atoms. The molecule has 0 fully saturated rings. The topological polar surface area (TPSA) is 42.2 Å². The van der Waals surface area contributed by atoms with Crippen LogP contribution in [0.4, 0.5) is 18.9 Å². The summed E-state index contributed by atoms with van der Waals surface area (Å²) < 4.78 is 44.1. The van der Waals surface area contributed by atoms with Crippen LogP contribution in [0.15, 0.2) is 71.1 Å². The normalized spacial score (nSPS) is 11.8. The van der Waals surface area contributed by atoms with Gasteiger partial charge in [-0.15, -0.1) is 0 Å². The van der Waals surface area contributed by atoms with Crippen molar-refractivity contribution < 1.29 is 22.4 Å². The van der Waals surface area contributed by atoms with Gasteiger partial charge in [-0.1, -0.05) is 24.3 Å². The van der Waals surface area contributed by atoms with Crippen LogP contribution < -0.4 is 5.32 Å². The Morgan fingerprint density at radius 3 is 2.42 bits per heavy atom. The Morgan fingerprint density at radius 1 is 0.846 bits per heavy atom. The molecule has 130 valence electrons. The first-order valence-corrected chi connectivity index (χ1v) is 7.82. The number of carbonyl (C=O) groups excluding carboxylic acids is 1. The molecule has 3 aromatic carbocycles. The summed E-state index contributed by atoms with van der Waals surface area (Å²) >= 11 is 0. The molecule has 3 nitrogen and oxygen atoms in total. The average Bonchev–Trinajstić information content (AvgIpc) is 2.99. The number of hydrogen-bond acceptors (Lipinski definition) is 2. The summed E-state index contributed by atoms with van der Waals surface area (Å²) in [6.45, 7) is 0. The molecule has 1 heterocycles. The second kappa shape index (κ2) is 5.91. The van der Waals surface area contributed by atoms with Gasteiger partial charge in [-0.2, -0.15) is 13.2 Å². The zero-order valence-corrected chi connectivity index (χ0v) is 13.3. The number of amides is 1. The lowest BCUT2D eigenvalue weighted by Gasteiger charge is -2.10. The van der Waals surface area contributed by atoms with Crippen molar-refractivity contribution in [3.05, 3.63) is 77.9 Å². The minimum Gasteiger partial charge on any atom is -0.456 e. The lowest BCUT2D eigenvalue weighted by atomic mass is 10.1. The maximum atomic E-state index is 12.8. The summed E-state index contributed by atoms with van der Waals surface area (Å²) in [5, 5.41) is 4.15. The maximum Gasteiger partial charge on any atom is 0.416 e. The van der Waals surface area contributed by atoms with Gasteiger partial charge in [0.1, 0.15) is 11.2 Å². The van der Waals surface area contributed by atoms with Gasteiger partial charge in [0.25, 0.3) is 5.91 Å². The van der Waals surface area contributed by atoms with Crippen molar-refractivity contribution in [2.75, 3.05) is 5.32 Å². The van der Waals surface area contributed by atoms with Crippen LogP contribution >= 0.6 is 0 Å². The number of anilines is 1. The van der Waals surface area contributed by atoms with Gasteiger partial charge in [0.05, 0.1) is 5.56 Å². The fourth-order valence-electron chi connectivity index (χ4n) is 2.84. The van der Waals surface area contributed by atoms with Crippen LogP contribution in [0.5, 0.6) is 0 Å². The van der Waals surface area contributed by atoms with Crippen LogP contribution in [0, 0.1) is 0 Å². The zero-order valence-electron chi connectivity index (χ0n) is 13.3. The summed E-state index contributed by atoms with van der Waals surface area (Å²) in [6, 6.07) is 16.9. The third kappa shape index (κ3) is 2.90. The van der Waals surface area contributed by atoms with Gasteiger partial charge in [-0.05, 0) is 42.5 Å². The molecule has 0 saturated heterocycles. The van der Waals surface area contributed by atoms with Crippen LogP contribution in [0.25, 0.3) is 21.9 Å². The van der Waals surface area contributed by atoms with Crippen molar-refractivity contribution in [3.8, 4) is 0 Å². The third-order valence-corrected chi connectivity index (χ3v) is 4.09. The van der Waals surface area contributed by atoms with E-state index in [9.17, 15) is 18.0 Å². The van der Waals surface area contributed by atoms with Crippen LogP contribution in [-0.4, -0.2) is 5.91 Å². The minimum absolute atomic E-state index is 0.0852. The van der Waals surface area contributed by atoms with Gasteiger partial charge in [0, 0.05) is 22.0 Å². The number of rotatable bonds is 2. The lowest BCUT2D eigenvalue weighted by Crippen LogP contribution is -2.13. The fourth-order valence-corrected chi connectivity index (χ4v) is 2.84. The van der Waals surface area contributed by atoms with Gasteiger partial charge in [-0.3, -0.25) is 4.79 Å². The highest BCUT2D eigenvalue weighted by Gasteiger charge is 2.30. The molecule has 0 aliphatic rings. The molecular formula is C20H12F3NO2. The summed E-state index contributed by atoms with van der Waals surface area (Å²) in [6.07, 6.45) is -4.46. The van der Waals surface area contributed by atoms with Crippen molar-refractivity contribution in [3.63, 3.8) is 0 Å². The van der Waals surface area contributed by atoms with Crippen molar-refractivity contribution in [1.29, 1.82) is 0 Å². The smallest absolute Gasteiger partial charge is 0.416 e. The van der Waals surface area contributed by atoms with E-state index < -0.39 is 17.6 Å². The standard InChI is InChI=1S/C20H12F3NO2/c21-20(22,23)13-4-3-5-14(11-13)24-19(25)12-8-9-18-16(10-12)15-6-1-2-7-17(15)26-18/h1-11H,(H,24,25). The lowest BCUT2D eigenvalue weighted by molar-refractivity contribution is -0.137. The van der Waals surface area contributed by atoms with Gasteiger partial charge in [0.15, 0.2) is 0 Å². The second-order valence-corrected chi connectivity index (χ2v) is 5.84.